The Hall–Kier alpha value is -5.34. The minimum atomic E-state index is 0.883. The molecule has 8 aromatic rings. The van der Waals surface area contributed by atoms with Gasteiger partial charge in [-0.05, 0) is 81.2 Å². The van der Waals surface area contributed by atoms with Gasteiger partial charge in [0.1, 0.15) is 11.2 Å². The van der Waals surface area contributed by atoms with Crippen molar-refractivity contribution in [2.75, 3.05) is 4.90 Å². The summed E-state index contributed by atoms with van der Waals surface area (Å²) in [5.41, 5.74) is 7.46. The van der Waals surface area contributed by atoms with Gasteiger partial charge in [-0.3, -0.25) is 0 Å². The van der Waals surface area contributed by atoms with Crippen LogP contribution < -0.4 is 4.90 Å². The van der Waals surface area contributed by atoms with Gasteiger partial charge in [-0.2, -0.15) is 0 Å². The zero-order valence-electron chi connectivity index (χ0n) is 21.8. The molecule has 2 heteroatoms. The van der Waals surface area contributed by atoms with Gasteiger partial charge in [0.2, 0.25) is 0 Å². The summed E-state index contributed by atoms with van der Waals surface area (Å²) in [7, 11) is 0. The molecular formula is C38H25NO. The molecule has 188 valence electrons. The molecule has 0 aliphatic heterocycles. The van der Waals surface area contributed by atoms with Gasteiger partial charge >= 0.3 is 0 Å². The molecule has 0 saturated carbocycles. The zero-order valence-corrected chi connectivity index (χ0v) is 21.8. The number of rotatable bonds is 4. The molecule has 0 fully saturated rings. The van der Waals surface area contributed by atoms with E-state index in [1.807, 2.05) is 0 Å². The Morgan fingerprint density at radius 1 is 0.375 bits per heavy atom. The van der Waals surface area contributed by atoms with Crippen LogP contribution in [0.25, 0.3) is 54.6 Å². The molecular weight excluding hydrogens is 486 g/mol. The van der Waals surface area contributed by atoms with Crippen LogP contribution in [0.5, 0.6) is 0 Å². The largest absolute Gasteiger partial charge is 0.456 e. The van der Waals surface area contributed by atoms with E-state index < -0.39 is 0 Å². The fourth-order valence-corrected chi connectivity index (χ4v) is 5.90. The molecule has 8 rings (SSSR count). The Morgan fingerprint density at radius 2 is 1.02 bits per heavy atom. The summed E-state index contributed by atoms with van der Waals surface area (Å²) in [6, 6.07) is 53.8. The third kappa shape index (κ3) is 3.73. The molecule has 0 saturated heterocycles. The van der Waals surface area contributed by atoms with Crippen molar-refractivity contribution in [1.82, 2.24) is 0 Å². The van der Waals surface area contributed by atoms with Crippen LogP contribution in [0.15, 0.2) is 156 Å². The van der Waals surface area contributed by atoms with Crippen LogP contribution in [-0.4, -0.2) is 0 Å². The van der Waals surface area contributed by atoms with Crippen molar-refractivity contribution in [1.29, 1.82) is 0 Å². The van der Waals surface area contributed by atoms with E-state index in [9.17, 15) is 0 Å². The van der Waals surface area contributed by atoms with Crippen molar-refractivity contribution >= 4 is 60.5 Å². The van der Waals surface area contributed by atoms with Gasteiger partial charge in [-0.15, -0.1) is 0 Å². The summed E-state index contributed by atoms with van der Waals surface area (Å²) in [6.45, 7) is 0. The standard InChI is InChI=1S/C38H25NO/c1-2-15-30(16-3-1)39(31-17-8-14-29(22-31)34-19-9-13-26-10-6-7-18-33(26)34)32-20-21-35-36-23-27-11-4-5-12-28(27)24-37(36)40-38(35)25-32/h1-25H. The van der Waals surface area contributed by atoms with Gasteiger partial charge in [0.25, 0.3) is 0 Å². The first-order valence-corrected chi connectivity index (χ1v) is 13.6. The van der Waals surface area contributed by atoms with E-state index in [2.05, 4.69) is 157 Å². The lowest BCUT2D eigenvalue weighted by Gasteiger charge is -2.26. The van der Waals surface area contributed by atoms with Gasteiger partial charge in [-0.25, -0.2) is 0 Å². The molecule has 0 atom stereocenters. The molecule has 0 unspecified atom stereocenters. The fourth-order valence-electron chi connectivity index (χ4n) is 5.90. The summed E-state index contributed by atoms with van der Waals surface area (Å²) in [6.07, 6.45) is 0. The van der Waals surface area contributed by atoms with Gasteiger partial charge in [0.05, 0.1) is 0 Å². The van der Waals surface area contributed by atoms with E-state index in [0.717, 1.165) is 39.0 Å². The van der Waals surface area contributed by atoms with Gasteiger partial charge in [0, 0.05) is 33.9 Å². The number of hydrogen-bond acceptors (Lipinski definition) is 2. The second-order valence-corrected chi connectivity index (χ2v) is 10.2. The molecule has 2 nitrogen and oxygen atoms in total. The topological polar surface area (TPSA) is 16.4 Å². The van der Waals surface area contributed by atoms with Crippen LogP contribution in [0.1, 0.15) is 0 Å². The molecule has 7 aromatic carbocycles. The van der Waals surface area contributed by atoms with E-state index in [1.54, 1.807) is 0 Å². The Bertz CT molecular complexity index is 2170. The van der Waals surface area contributed by atoms with Crippen LogP contribution in [-0.2, 0) is 0 Å². The van der Waals surface area contributed by atoms with Crippen molar-refractivity contribution in [3.05, 3.63) is 152 Å². The summed E-state index contributed by atoms with van der Waals surface area (Å²) in [4.78, 5) is 2.30. The quantitative estimate of drug-likeness (QED) is 0.234. The van der Waals surface area contributed by atoms with Crippen LogP contribution in [0.3, 0.4) is 0 Å². The van der Waals surface area contributed by atoms with Gasteiger partial charge in [-0.1, -0.05) is 97.1 Å². The van der Waals surface area contributed by atoms with Gasteiger partial charge in [0.15, 0.2) is 0 Å². The molecule has 1 heterocycles. The molecule has 0 amide bonds. The van der Waals surface area contributed by atoms with E-state index in [1.165, 1.54) is 32.7 Å². The average molecular weight is 512 g/mol. The second-order valence-electron chi connectivity index (χ2n) is 10.2. The van der Waals surface area contributed by atoms with Crippen molar-refractivity contribution in [3.8, 4) is 11.1 Å². The Labute approximate surface area is 232 Å². The Kier molecular flexibility index (Phi) is 5.17. The predicted molar refractivity (Wildman–Crippen MR) is 169 cm³/mol. The molecule has 0 N–H and O–H groups in total. The lowest BCUT2D eigenvalue weighted by molar-refractivity contribution is 0.669. The van der Waals surface area contributed by atoms with Crippen LogP contribution in [0.2, 0.25) is 0 Å². The average Bonchev–Trinajstić information content (AvgIpc) is 3.37. The molecule has 40 heavy (non-hydrogen) atoms. The Balaban J connectivity index is 1.30. The highest BCUT2D eigenvalue weighted by Crippen LogP contribution is 2.40. The molecule has 0 radical (unpaired) electrons. The number of nitrogens with zero attached hydrogens (tertiary/aromatic N) is 1. The van der Waals surface area contributed by atoms with Crippen LogP contribution in [0.4, 0.5) is 17.1 Å². The lowest BCUT2D eigenvalue weighted by atomic mass is 9.97. The summed E-state index contributed by atoms with van der Waals surface area (Å²) in [5.74, 6) is 0. The normalized spacial score (nSPS) is 11.5. The first-order valence-electron chi connectivity index (χ1n) is 13.6. The van der Waals surface area contributed by atoms with Crippen molar-refractivity contribution in [3.63, 3.8) is 0 Å². The van der Waals surface area contributed by atoms with Crippen LogP contribution in [0, 0.1) is 0 Å². The van der Waals surface area contributed by atoms with E-state index in [4.69, 9.17) is 4.42 Å². The van der Waals surface area contributed by atoms with E-state index >= 15 is 0 Å². The number of benzene rings is 7. The summed E-state index contributed by atoms with van der Waals surface area (Å²) in [5, 5.41) is 7.17. The van der Waals surface area contributed by atoms with Crippen molar-refractivity contribution in [2.45, 2.75) is 0 Å². The summed E-state index contributed by atoms with van der Waals surface area (Å²) >= 11 is 0. The minimum Gasteiger partial charge on any atom is -0.456 e. The molecule has 0 aliphatic carbocycles. The number of para-hydroxylation sites is 1. The second kappa shape index (κ2) is 9.14. The first-order chi connectivity index (χ1) is 19.8. The molecule has 0 aliphatic rings. The maximum Gasteiger partial charge on any atom is 0.137 e. The fraction of sp³-hybridized carbons (Fsp3) is 0. The minimum absolute atomic E-state index is 0.883. The molecule has 0 bridgehead atoms. The number of hydrogen-bond donors (Lipinski definition) is 0. The first kappa shape index (κ1) is 22.6. The monoisotopic (exact) mass is 511 g/mol. The maximum absolute atomic E-state index is 6.44. The third-order valence-electron chi connectivity index (χ3n) is 7.80. The highest BCUT2D eigenvalue weighted by atomic mass is 16.3. The molecule has 1 aromatic heterocycles. The third-order valence-corrected chi connectivity index (χ3v) is 7.80. The maximum atomic E-state index is 6.44. The smallest absolute Gasteiger partial charge is 0.137 e. The van der Waals surface area contributed by atoms with Gasteiger partial charge < -0.3 is 9.32 Å². The molecule has 0 spiro atoms. The SMILES string of the molecule is c1ccc(N(c2cccc(-c3cccc4ccccc34)c2)c2ccc3c(c2)oc2cc4ccccc4cc23)cc1. The highest BCUT2D eigenvalue weighted by Gasteiger charge is 2.16. The van der Waals surface area contributed by atoms with E-state index in [-0.39, 0.29) is 0 Å². The predicted octanol–water partition coefficient (Wildman–Crippen LogP) is 11.0. The number of furan rings is 1. The van der Waals surface area contributed by atoms with E-state index in [0.29, 0.717) is 0 Å². The van der Waals surface area contributed by atoms with Crippen molar-refractivity contribution in [2.24, 2.45) is 0 Å². The summed E-state index contributed by atoms with van der Waals surface area (Å²) < 4.78 is 6.44. The number of anilines is 3. The zero-order chi connectivity index (χ0) is 26.5. The lowest BCUT2D eigenvalue weighted by Crippen LogP contribution is -2.09. The van der Waals surface area contributed by atoms with Crippen LogP contribution >= 0.6 is 0 Å². The van der Waals surface area contributed by atoms with Crippen molar-refractivity contribution < 1.29 is 4.42 Å². The number of fused-ring (bicyclic) bond motifs is 5. The Morgan fingerprint density at radius 3 is 1.90 bits per heavy atom. The highest BCUT2D eigenvalue weighted by molar-refractivity contribution is 6.11.